The molecule has 336 valence electrons. The Morgan fingerprint density at radius 2 is 0.636 bits per heavy atom. The van der Waals surface area contributed by atoms with Gasteiger partial charge in [-0.2, -0.15) is 0 Å². The molecule has 0 fully saturated rings. The van der Waals surface area contributed by atoms with Crippen molar-refractivity contribution in [3.8, 4) is 103 Å². The number of aryl methyl sites for hydroxylation is 6. The minimum absolute atomic E-state index is 0.000124. The molecule has 8 aromatic rings. The molecule has 0 radical (unpaired) electrons. The van der Waals surface area contributed by atoms with E-state index < -0.39 is 0 Å². The molecule has 0 saturated heterocycles. The maximum absolute atomic E-state index is 10.8. The molecule has 0 bridgehead atoms. The van der Waals surface area contributed by atoms with E-state index in [2.05, 4.69) is 33.2 Å². The average Bonchev–Trinajstić information content (AvgIpc) is 3.27. The van der Waals surface area contributed by atoms with Crippen molar-refractivity contribution in [1.29, 1.82) is 0 Å². The van der Waals surface area contributed by atoms with E-state index in [4.69, 9.17) is 24.4 Å². The van der Waals surface area contributed by atoms with Crippen LogP contribution in [0.1, 0.15) is 60.1 Å². The minimum Gasteiger partial charge on any atom is -0.508 e. The second-order valence-corrected chi connectivity index (χ2v) is 16.3. The van der Waals surface area contributed by atoms with Crippen molar-refractivity contribution < 1.29 is 29.9 Å². The predicted molar refractivity (Wildman–Crippen MR) is 259 cm³/mol. The fraction of sp³-hybridized carbons (Fsp3) is 0.222. The lowest BCUT2D eigenvalue weighted by molar-refractivity contribution is 0.315. The molecule has 8 rings (SSSR count). The van der Waals surface area contributed by atoms with Gasteiger partial charge in [0.1, 0.15) is 34.5 Å². The van der Waals surface area contributed by atoms with E-state index in [9.17, 15) is 20.4 Å². The Hall–Kier alpha value is -7.86. The normalized spacial score (nSPS) is 10.9. The van der Waals surface area contributed by atoms with Gasteiger partial charge in [0.05, 0.1) is 29.9 Å². The van der Waals surface area contributed by atoms with Crippen LogP contribution in [0.2, 0.25) is 0 Å². The topological polar surface area (TPSA) is 177 Å². The largest absolute Gasteiger partial charge is 0.508 e. The molecule has 4 N–H and O–H groups in total. The summed E-state index contributed by atoms with van der Waals surface area (Å²) in [5.74, 6) is 3.51. The first-order valence-corrected chi connectivity index (χ1v) is 21.9. The van der Waals surface area contributed by atoms with Crippen molar-refractivity contribution in [2.75, 3.05) is 13.2 Å². The molecule has 0 atom stereocenters. The Bertz CT molecular complexity index is 2800. The van der Waals surface area contributed by atoms with Crippen LogP contribution in [-0.2, 0) is 0 Å². The van der Waals surface area contributed by atoms with Crippen molar-refractivity contribution in [2.24, 2.45) is 0 Å². The molecule has 0 aliphatic carbocycles. The van der Waals surface area contributed by atoms with Gasteiger partial charge in [0.2, 0.25) is 0 Å². The third-order valence-corrected chi connectivity index (χ3v) is 10.7. The van der Waals surface area contributed by atoms with Crippen molar-refractivity contribution in [1.82, 2.24) is 29.9 Å². The van der Waals surface area contributed by atoms with Gasteiger partial charge in [0, 0.05) is 34.9 Å². The summed E-state index contributed by atoms with van der Waals surface area (Å²) in [4.78, 5) is 28.1. The predicted octanol–water partition coefficient (Wildman–Crippen LogP) is 12.0. The zero-order chi connectivity index (χ0) is 47.1. The molecular formula is C54H54N6O6. The van der Waals surface area contributed by atoms with Crippen LogP contribution < -0.4 is 9.47 Å². The standard InChI is InChI=1S/C29H31N3O4.C25H23N3O2/c1-5-13-35-20-8-11-23(25(33)16-20)28-30-27(22-10-7-18(3)15-19(22)4)31-29(32-28)24-12-9-21(17-26(24)34)36-14-6-2;1-14-5-8-19(16(3)11-14)23-26-24(20-9-6-15(2)12-17(20)4)28-25(27-23)21-10-7-18(29)13-22(21)30/h7-12,15-17,33-34H,5-6,13-14H2,1-4H3;5-13,29-30H,1-4H3. The molecule has 0 amide bonds. The molecule has 0 aliphatic heterocycles. The van der Waals surface area contributed by atoms with Crippen LogP contribution in [0.3, 0.4) is 0 Å². The lowest BCUT2D eigenvalue weighted by atomic mass is 10.0. The summed E-state index contributed by atoms with van der Waals surface area (Å²) in [5.41, 5.74) is 10.6. The van der Waals surface area contributed by atoms with Gasteiger partial charge in [0.15, 0.2) is 34.9 Å². The fourth-order valence-corrected chi connectivity index (χ4v) is 7.40. The molecule has 6 aromatic carbocycles. The van der Waals surface area contributed by atoms with E-state index in [1.165, 1.54) is 12.1 Å². The number of nitrogens with zero attached hydrogens (tertiary/aromatic N) is 6. The fourth-order valence-electron chi connectivity index (χ4n) is 7.40. The van der Waals surface area contributed by atoms with Gasteiger partial charge in [-0.3, -0.25) is 0 Å². The summed E-state index contributed by atoms with van der Waals surface area (Å²) in [6, 6.07) is 32.8. The van der Waals surface area contributed by atoms with Crippen molar-refractivity contribution >= 4 is 0 Å². The zero-order valence-corrected chi connectivity index (χ0v) is 38.5. The average molecular weight is 883 g/mol. The van der Waals surface area contributed by atoms with Gasteiger partial charge in [-0.25, -0.2) is 29.9 Å². The van der Waals surface area contributed by atoms with E-state index >= 15 is 0 Å². The van der Waals surface area contributed by atoms with Crippen LogP contribution in [0.25, 0.3) is 68.3 Å². The lowest BCUT2D eigenvalue weighted by Gasteiger charge is -2.13. The van der Waals surface area contributed by atoms with E-state index in [-0.39, 0.29) is 23.0 Å². The summed E-state index contributed by atoms with van der Waals surface area (Å²) in [6.45, 7) is 17.3. The number of hydrogen-bond donors (Lipinski definition) is 4. The smallest absolute Gasteiger partial charge is 0.167 e. The lowest BCUT2D eigenvalue weighted by Crippen LogP contribution is -2.02. The molecule has 12 nitrogen and oxygen atoms in total. The first-order chi connectivity index (χ1) is 31.7. The summed E-state index contributed by atoms with van der Waals surface area (Å²) in [5, 5.41) is 41.6. The molecule has 2 heterocycles. The summed E-state index contributed by atoms with van der Waals surface area (Å²) in [7, 11) is 0. The second-order valence-electron chi connectivity index (χ2n) is 16.3. The van der Waals surface area contributed by atoms with Gasteiger partial charge >= 0.3 is 0 Å². The SMILES string of the molecule is CCCOc1ccc(-c2nc(-c3ccc(C)cc3C)nc(-c3ccc(OCCC)cc3O)n2)c(O)c1.Cc1ccc(-c2nc(-c3ccc(C)cc3C)nc(-c3ccc(O)cc3O)n2)c(C)c1. The zero-order valence-electron chi connectivity index (χ0n) is 38.5. The van der Waals surface area contributed by atoms with Crippen LogP contribution in [0.5, 0.6) is 34.5 Å². The number of phenols is 4. The maximum atomic E-state index is 10.8. The van der Waals surface area contributed by atoms with Crippen molar-refractivity contribution in [2.45, 2.75) is 68.2 Å². The quantitative estimate of drug-likeness (QED) is 0.0914. The summed E-state index contributed by atoms with van der Waals surface area (Å²) < 4.78 is 11.3. The van der Waals surface area contributed by atoms with Crippen molar-refractivity contribution in [3.05, 3.63) is 143 Å². The second kappa shape index (κ2) is 20.3. The summed E-state index contributed by atoms with van der Waals surface area (Å²) in [6.07, 6.45) is 1.73. The maximum Gasteiger partial charge on any atom is 0.167 e. The Balaban J connectivity index is 0.000000199. The van der Waals surface area contributed by atoms with Gasteiger partial charge in [0.25, 0.3) is 0 Å². The summed E-state index contributed by atoms with van der Waals surface area (Å²) >= 11 is 0. The van der Waals surface area contributed by atoms with Gasteiger partial charge in [-0.15, -0.1) is 0 Å². The van der Waals surface area contributed by atoms with Crippen LogP contribution >= 0.6 is 0 Å². The Kier molecular flexibility index (Phi) is 14.2. The van der Waals surface area contributed by atoms with Crippen LogP contribution in [0, 0.1) is 41.5 Å². The number of ether oxygens (including phenoxy) is 2. The van der Waals surface area contributed by atoms with Crippen LogP contribution in [-0.4, -0.2) is 63.5 Å². The molecule has 2 aromatic heterocycles. The first kappa shape index (κ1) is 46.1. The van der Waals surface area contributed by atoms with E-state index in [0.717, 1.165) is 62.9 Å². The molecule has 66 heavy (non-hydrogen) atoms. The number of benzene rings is 6. The monoisotopic (exact) mass is 882 g/mol. The highest BCUT2D eigenvalue weighted by Crippen LogP contribution is 2.37. The van der Waals surface area contributed by atoms with Crippen LogP contribution in [0.15, 0.2) is 109 Å². The van der Waals surface area contributed by atoms with Gasteiger partial charge in [-0.05, 0) is 107 Å². The highest BCUT2D eigenvalue weighted by Gasteiger charge is 2.20. The van der Waals surface area contributed by atoms with Gasteiger partial charge in [-0.1, -0.05) is 85.1 Å². The molecule has 12 heteroatoms. The van der Waals surface area contributed by atoms with Crippen LogP contribution in [0.4, 0.5) is 0 Å². The van der Waals surface area contributed by atoms with Crippen molar-refractivity contribution in [3.63, 3.8) is 0 Å². The Labute approximate surface area is 385 Å². The van der Waals surface area contributed by atoms with Gasteiger partial charge < -0.3 is 29.9 Å². The number of hydrogen-bond acceptors (Lipinski definition) is 12. The molecule has 0 unspecified atom stereocenters. The molecule has 0 saturated carbocycles. The number of aromatic hydroxyl groups is 4. The highest BCUT2D eigenvalue weighted by atomic mass is 16.5. The number of rotatable bonds is 12. The van der Waals surface area contributed by atoms with E-state index in [1.54, 1.807) is 42.5 Å². The van der Waals surface area contributed by atoms with E-state index in [1.807, 2.05) is 91.8 Å². The Morgan fingerprint density at radius 1 is 0.348 bits per heavy atom. The van der Waals surface area contributed by atoms with E-state index in [0.29, 0.717) is 76.3 Å². The molecule has 0 aliphatic rings. The third kappa shape index (κ3) is 10.7. The Morgan fingerprint density at radius 3 is 0.924 bits per heavy atom. The first-order valence-electron chi connectivity index (χ1n) is 21.9. The molecular weight excluding hydrogens is 829 g/mol. The number of aromatic nitrogens is 6. The minimum atomic E-state index is -0.0839. The number of phenolic OH excluding ortho intramolecular Hbond substituents is 4. The molecule has 0 spiro atoms. The highest BCUT2D eigenvalue weighted by molar-refractivity contribution is 5.75. The third-order valence-electron chi connectivity index (χ3n) is 10.7.